The summed E-state index contributed by atoms with van der Waals surface area (Å²) < 4.78 is 35.0. The molecule has 122 valence electrons. The SMILES string of the molecule is CC[C@@H]1CN2CCC[C@H]2CN1S(=O)(=O)N1CCOC[C@H]1C. The van der Waals surface area contributed by atoms with E-state index < -0.39 is 10.2 Å². The molecule has 0 aromatic heterocycles. The molecule has 0 aliphatic carbocycles. The van der Waals surface area contributed by atoms with Crippen LogP contribution in [0.25, 0.3) is 0 Å². The Morgan fingerprint density at radius 2 is 2.00 bits per heavy atom. The van der Waals surface area contributed by atoms with Crippen molar-refractivity contribution in [3.8, 4) is 0 Å². The van der Waals surface area contributed by atoms with Crippen molar-refractivity contribution in [3.63, 3.8) is 0 Å². The predicted octanol–water partition coefficient (Wildman–Crippen LogP) is 0.511. The summed E-state index contributed by atoms with van der Waals surface area (Å²) in [4.78, 5) is 2.48. The van der Waals surface area contributed by atoms with Gasteiger partial charge >= 0.3 is 0 Å². The summed E-state index contributed by atoms with van der Waals surface area (Å²) in [5.41, 5.74) is 0. The first-order valence-electron chi connectivity index (χ1n) is 8.14. The van der Waals surface area contributed by atoms with E-state index in [1.54, 1.807) is 8.61 Å². The summed E-state index contributed by atoms with van der Waals surface area (Å²) in [6.07, 6.45) is 3.20. The van der Waals surface area contributed by atoms with Crippen LogP contribution >= 0.6 is 0 Å². The highest BCUT2D eigenvalue weighted by molar-refractivity contribution is 7.86. The average molecular weight is 317 g/mol. The minimum absolute atomic E-state index is 0.0668. The number of fused-ring (bicyclic) bond motifs is 1. The number of ether oxygens (including phenoxy) is 1. The zero-order valence-corrected chi connectivity index (χ0v) is 13.9. The van der Waals surface area contributed by atoms with Crippen molar-refractivity contribution in [1.29, 1.82) is 0 Å². The summed E-state index contributed by atoms with van der Waals surface area (Å²) in [5, 5.41) is 0. The van der Waals surface area contributed by atoms with E-state index >= 15 is 0 Å². The lowest BCUT2D eigenvalue weighted by Crippen LogP contribution is -2.62. The van der Waals surface area contributed by atoms with Gasteiger partial charge in [0.25, 0.3) is 10.2 Å². The molecule has 3 rings (SSSR count). The van der Waals surface area contributed by atoms with Gasteiger partial charge in [-0.2, -0.15) is 17.0 Å². The highest BCUT2D eigenvalue weighted by Crippen LogP contribution is 2.29. The Morgan fingerprint density at radius 3 is 2.71 bits per heavy atom. The predicted molar refractivity (Wildman–Crippen MR) is 81.3 cm³/mol. The molecular formula is C14H27N3O3S. The zero-order valence-electron chi connectivity index (χ0n) is 13.1. The second-order valence-corrected chi connectivity index (χ2v) is 8.30. The highest BCUT2D eigenvalue weighted by atomic mass is 32.2. The third-order valence-corrected chi connectivity index (χ3v) is 7.29. The van der Waals surface area contributed by atoms with Crippen LogP contribution in [0.2, 0.25) is 0 Å². The van der Waals surface area contributed by atoms with Crippen LogP contribution in [0.3, 0.4) is 0 Å². The van der Waals surface area contributed by atoms with Crippen molar-refractivity contribution in [2.24, 2.45) is 0 Å². The maximum atomic E-state index is 13.1. The topological polar surface area (TPSA) is 53.1 Å². The average Bonchev–Trinajstić information content (AvgIpc) is 2.93. The minimum atomic E-state index is -3.37. The molecule has 3 saturated heterocycles. The molecule has 0 aromatic rings. The Balaban J connectivity index is 1.82. The van der Waals surface area contributed by atoms with Crippen molar-refractivity contribution in [1.82, 2.24) is 13.5 Å². The maximum absolute atomic E-state index is 13.1. The van der Waals surface area contributed by atoms with E-state index in [1.807, 2.05) is 6.92 Å². The Bertz CT molecular complexity index is 470. The van der Waals surface area contributed by atoms with E-state index in [2.05, 4.69) is 11.8 Å². The van der Waals surface area contributed by atoms with Gasteiger partial charge in [0.15, 0.2) is 0 Å². The van der Waals surface area contributed by atoms with Crippen LogP contribution in [0.4, 0.5) is 0 Å². The summed E-state index contributed by atoms with van der Waals surface area (Å²) >= 11 is 0. The van der Waals surface area contributed by atoms with Crippen molar-refractivity contribution in [2.45, 2.75) is 51.2 Å². The molecule has 3 atom stereocenters. The van der Waals surface area contributed by atoms with Gasteiger partial charge in [-0.3, -0.25) is 4.90 Å². The Labute approximate surface area is 128 Å². The number of rotatable bonds is 3. The van der Waals surface area contributed by atoms with Crippen molar-refractivity contribution in [3.05, 3.63) is 0 Å². The first kappa shape index (κ1) is 15.7. The van der Waals surface area contributed by atoms with Gasteiger partial charge in [-0.25, -0.2) is 0 Å². The number of hydrogen-bond donors (Lipinski definition) is 0. The van der Waals surface area contributed by atoms with Gasteiger partial charge < -0.3 is 4.74 Å². The minimum Gasteiger partial charge on any atom is -0.378 e. The standard InChI is InChI=1S/C14H27N3O3S/c1-3-13-9-15-6-4-5-14(15)10-17(13)21(18,19)16-7-8-20-11-12(16)2/h12-14H,3-11H2,1-2H3/t12-,13-,14+/m1/s1. The molecule has 3 aliphatic heterocycles. The van der Waals surface area contributed by atoms with Gasteiger partial charge in [-0.1, -0.05) is 6.92 Å². The van der Waals surface area contributed by atoms with E-state index in [-0.39, 0.29) is 12.1 Å². The first-order chi connectivity index (χ1) is 10.0. The summed E-state index contributed by atoms with van der Waals surface area (Å²) in [6, 6.07) is 0.459. The fourth-order valence-corrected chi connectivity index (χ4v) is 5.91. The molecule has 7 heteroatoms. The molecule has 21 heavy (non-hydrogen) atoms. The fourth-order valence-electron chi connectivity index (χ4n) is 3.87. The largest absolute Gasteiger partial charge is 0.378 e. The molecule has 0 aromatic carbocycles. The number of morpholine rings is 1. The lowest BCUT2D eigenvalue weighted by molar-refractivity contribution is 0.0310. The molecule has 3 fully saturated rings. The maximum Gasteiger partial charge on any atom is 0.282 e. The Kier molecular flexibility index (Phi) is 4.57. The van der Waals surface area contributed by atoms with Gasteiger partial charge in [-0.05, 0) is 32.7 Å². The van der Waals surface area contributed by atoms with Gasteiger partial charge in [0.2, 0.25) is 0 Å². The molecular weight excluding hydrogens is 290 g/mol. The van der Waals surface area contributed by atoms with Crippen LogP contribution in [0.5, 0.6) is 0 Å². The fraction of sp³-hybridized carbons (Fsp3) is 1.00. The van der Waals surface area contributed by atoms with Gasteiger partial charge in [0.05, 0.1) is 13.2 Å². The summed E-state index contributed by atoms with van der Waals surface area (Å²) in [5.74, 6) is 0. The van der Waals surface area contributed by atoms with Crippen molar-refractivity contribution in [2.75, 3.05) is 39.4 Å². The van der Waals surface area contributed by atoms with Crippen LogP contribution in [0.1, 0.15) is 33.1 Å². The zero-order chi connectivity index (χ0) is 15.0. The monoisotopic (exact) mass is 317 g/mol. The second-order valence-electron chi connectivity index (χ2n) is 6.47. The molecule has 0 bridgehead atoms. The van der Waals surface area contributed by atoms with Crippen molar-refractivity contribution < 1.29 is 13.2 Å². The molecule has 0 saturated carbocycles. The van der Waals surface area contributed by atoms with E-state index in [4.69, 9.17) is 4.74 Å². The third-order valence-electron chi connectivity index (χ3n) is 5.11. The van der Waals surface area contributed by atoms with Gasteiger partial charge in [0, 0.05) is 37.8 Å². The van der Waals surface area contributed by atoms with Crippen molar-refractivity contribution >= 4 is 10.2 Å². The van der Waals surface area contributed by atoms with E-state index in [0.29, 0.717) is 32.3 Å². The molecule has 0 unspecified atom stereocenters. The van der Waals surface area contributed by atoms with E-state index in [0.717, 1.165) is 25.9 Å². The smallest absolute Gasteiger partial charge is 0.282 e. The van der Waals surface area contributed by atoms with Crippen LogP contribution in [0, 0.1) is 0 Å². The van der Waals surface area contributed by atoms with Crippen LogP contribution < -0.4 is 0 Å². The third kappa shape index (κ3) is 2.86. The molecule has 0 N–H and O–H groups in total. The molecule has 0 amide bonds. The van der Waals surface area contributed by atoms with Crippen LogP contribution in [0.15, 0.2) is 0 Å². The normalized spacial score (nSPS) is 36.8. The number of piperazine rings is 1. The molecule has 6 nitrogen and oxygen atoms in total. The summed E-state index contributed by atoms with van der Waals surface area (Å²) in [6.45, 7) is 8.18. The molecule has 0 radical (unpaired) electrons. The van der Waals surface area contributed by atoms with Crippen LogP contribution in [-0.2, 0) is 14.9 Å². The van der Waals surface area contributed by atoms with Gasteiger partial charge in [0.1, 0.15) is 0 Å². The quantitative estimate of drug-likeness (QED) is 0.761. The number of hydrogen-bond acceptors (Lipinski definition) is 4. The second kappa shape index (κ2) is 6.12. The van der Waals surface area contributed by atoms with E-state index in [9.17, 15) is 8.42 Å². The molecule has 0 spiro atoms. The number of nitrogens with zero attached hydrogens (tertiary/aromatic N) is 3. The lowest BCUT2D eigenvalue weighted by Gasteiger charge is -2.45. The Morgan fingerprint density at radius 1 is 1.19 bits per heavy atom. The first-order valence-corrected chi connectivity index (χ1v) is 9.54. The lowest BCUT2D eigenvalue weighted by atomic mass is 10.1. The van der Waals surface area contributed by atoms with Gasteiger partial charge in [-0.15, -0.1) is 0 Å². The summed E-state index contributed by atoms with van der Waals surface area (Å²) in [7, 11) is -3.37. The van der Waals surface area contributed by atoms with E-state index in [1.165, 1.54) is 6.42 Å². The molecule has 3 aliphatic rings. The highest BCUT2D eigenvalue weighted by Gasteiger charge is 2.44. The Hall–Kier alpha value is -0.210. The van der Waals surface area contributed by atoms with Crippen LogP contribution in [-0.4, -0.2) is 79.4 Å². The molecule has 3 heterocycles.